The van der Waals surface area contributed by atoms with Crippen molar-refractivity contribution in [1.82, 2.24) is 9.47 Å². The van der Waals surface area contributed by atoms with Crippen molar-refractivity contribution >= 4 is 22.9 Å². The zero-order valence-electron chi connectivity index (χ0n) is 23.2. The number of halogens is 2. The Morgan fingerprint density at radius 3 is 2.48 bits per heavy atom. The van der Waals surface area contributed by atoms with Gasteiger partial charge in [-0.05, 0) is 87.9 Å². The number of carbonyl (C=O) groups is 2. The van der Waals surface area contributed by atoms with Crippen LogP contribution in [0.25, 0.3) is 10.9 Å². The molecule has 0 saturated carbocycles. The van der Waals surface area contributed by atoms with Crippen molar-refractivity contribution < 1.29 is 33.0 Å². The molecule has 2 saturated heterocycles. The summed E-state index contributed by atoms with van der Waals surface area (Å²) in [7, 11) is 0. The van der Waals surface area contributed by atoms with Crippen molar-refractivity contribution in [3.63, 3.8) is 0 Å². The molecule has 7 nitrogen and oxygen atoms in total. The molecular formula is C31H36F2N2O5. The van der Waals surface area contributed by atoms with Crippen molar-refractivity contribution in [2.45, 2.75) is 76.5 Å². The summed E-state index contributed by atoms with van der Waals surface area (Å²) >= 11 is 0. The average Bonchev–Trinajstić information content (AvgIpc) is 3.19. The van der Waals surface area contributed by atoms with Gasteiger partial charge in [-0.25, -0.2) is 13.6 Å². The first-order valence-corrected chi connectivity index (χ1v) is 14.0. The third kappa shape index (κ3) is 5.12. The molecule has 4 atom stereocenters. The first kappa shape index (κ1) is 28.2. The molecule has 0 spiro atoms. The van der Waals surface area contributed by atoms with Gasteiger partial charge in [0.05, 0.1) is 29.7 Å². The summed E-state index contributed by atoms with van der Waals surface area (Å²) in [6.07, 6.45) is 2.74. The maximum atomic E-state index is 14.5. The minimum Gasteiger partial charge on any atom is -0.481 e. The van der Waals surface area contributed by atoms with E-state index in [2.05, 4.69) is 0 Å². The monoisotopic (exact) mass is 554 g/mol. The summed E-state index contributed by atoms with van der Waals surface area (Å²) in [6.45, 7) is 7.02. The van der Waals surface area contributed by atoms with Crippen molar-refractivity contribution in [2.75, 3.05) is 19.8 Å². The van der Waals surface area contributed by atoms with Gasteiger partial charge in [-0.15, -0.1) is 0 Å². The molecule has 3 heterocycles. The van der Waals surface area contributed by atoms with Crippen LogP contribution in [0.3, 0.4) is 0 Å². The predicted molar refractivity (Wildman–Crippen MR) is 147 cm³/mol. The third-order valence-corrected chi connectivity index (χ3v) is 8.66. The number of ether oxygens (including phenoxy) is 2. The molecule has 9 heteroatoms. The van der Waals surface area contributed by atoms with Gasteiger partial charge in [0.15, 0.2) is 0 Å². The van der Waals surface area contributed by atoms with Crippen LogP contribution in [0.1, 0.15) is 56.4 Å². The van der Waals surface area contributed by atoms with Gasteiger partial charge in [0.1, 0.15) is 11.6 Å². The van der Waals surface area contributed by atoms with E-state index in [4.69, 9.17) is 9.47 Å². The number of amides is 1. The maximum Gasteiger partial charge on any atom is 0.329 e. The number of benzene rings is 2. The second-order valence-electron chi connectivity index (χ2n) is 11.0. The van der Waals surface area contributed by atoms with E-state index < -0.39 is 29.1 Å². The zero-order valence-corrected chi connectivity index (χ0v) is 23.2. The summed E-state index contributed by atoms with van der Waals surface area (Å²) in [6, 6.07) is 9.31. The summed E-state index contributed by atoms with van der Waals surface area (Å²) in [4.78, 5) is 28.2. The molecule has 1 aromatic heterocycles. The lowest BCUT2D eigenvalue weighted by Crippen LogP contribution is -2.54. The summed E-state index contributed by atoms with van der Waals surface area (Å²) in [5, 5.41) is 11.0. The van der Waals surface area contributed by atoms with Crippen molar-refractivity contribution in [3.05, 3.63) is 70.9 Å². The highest BCUT2D eigenvalue weighted by Crippen LogP contribution is 2.40. The largest absolute Gasteiger partial charge is 0.481 e. The molecule has 2 aliphatic rings. The number of rotatable bonds is 6. The lowest BCUT2D eigenvalue weighted by Gasteiger charge is -2.43. The Hall–Kier alpha value is -3.30. The molecule has 0 radical (unpaired) electrons. The SMILES string of the molecule is CCOC1CCC(Cc2c(C)n(C(=O)N3CC[C@@](C(=O)O)(c4ccc(F)cc4)C[C@@H]3C)c3cc(F)ccc23)OC1. The number of carbonyl (C=O) groups excluding carboxylic acids is 1. The quantitative estimate of drug-likeness (QED) is 0.415. The van der Waals surface area contributed by atoms with Gasteiger partial charge in [-0.3, -0.25) is 9.36 Å². The van der Waals surface area contributed by atoms with E-state index in [0.29, 0.717) is 30.7 Å². The first-order valence-electron chi connectivity index (χ1n) is 14.0. The Balaban J connectivity index is 1.43. The van der Waals surface area contributed by atoms with E-state index >= 15 is 0 Å². The fourth-order valence-electron chi connectivity index (χ4n) is 6.51. The standard InChI is InChI=1S/C31H36F2N2O5/c1-4-39-25-11-10-24(40-18-25)16-27-20(3)35(28-15-23(33)9-12-26(27)28)30(38)34-14-13-31(29(36)37,17-19(34)2)21-5-7-22(32)8-6-21/h5-9,12,15,19,24-25H,4,10-11,13-14,16-18H2,1-3H3,(H,36,37)/t19-,24?,25?,31-/m0/s1. The number of fused-ring (bicyclic) bond motifs is 1. The average molecular weight is 555 g/mol. The Bertz CT molecular complexity index is 1400. The molecule has 5 rings (SSSR count). The second-order valence-corrected chi connectivity index (χ2v) is 11.0. The molecule has 0 aliphatic carbocycles. The number of carboxylic acid groups (broad SMARTS) is 1. The number of hydrogen-bond acceptors (Lipinski definition) is 4. The van der Waals surface area contributed by atoms with E-state index in [-0.39, 0.29) is 37.6 Å². The van der Waals surface area contributed by atoms with E-state index in [9.17, 15) is 23.5 Å². The smallest absolute Gasteiger partial charge is 0.329 e. The van der Waals surface area contributed by atoms with Crippen LogP contribution in [0.2, 0.25) is 0 Å². The second kappa shape index (κ2) is 11.3. The van der Waals surface area contributed by atoms with Crippen LogP contribution < -0.4 is 0 Å². The van der Waals surface area contributed by atoms with E-state index in [1.54, 1.807) is 15.5 Å². The van der Waals surface area contributed by atoms with Gasteiger partial charge >= 0.3 is 12.0 Å². The molecule has 214 valence electrons. The first-order chi connectivity index (χ1) is 19.1. The molecule has 0 bridgehead atoms. The van der Waals surface area contributed by atoms with Gasteiger partial charge < -0.3 is 19.5 Å². The van der Waals surface area contributed by atoms with E-state index in [0.717, 1.165) is 29.5 Å². The highest BCUT2D eigenvalue weighted by molar-refractivity contribution is 5.96. The van der Waals surface area contributed by atoms with Crippen LogP contribution in [-0.2, 0) is 26.1 Å². The number of piperidine rings is 1. The number of hydrogen-bond donors (Lipinski definition) is 1. The van der Waals surface area contributed by atoms with Gasteiger partial charge in [-0.2, -0.15) is 0 Å². The van der Waals surface area contributed by atoms with Gasteiger partial charge in [0, 0.05) is 36.7 Å². The van der Waals surface area contributed by atoms with Crippen LogP contribution in [-0.4, -0.2) is 64.6 Å². The molecular weight excluding hydrogens is 518 g/mol. The number of aromatic nitrogens is 1. The number of likely N-dealkylation sites (tertiary alicyclic amines) is 1. The van der Waals surface area contributed by atoms with Crippen molar-refractivity contribution in [3.8, 4) is 0 Å². The highest BCUT2D eigenvalue weighted by atomic mass is 19.1. The fourth-order valence-corrected chi connectivity index (χ4v) is 6.51. The van der Waals surface area contributed by atoms with Crippen molar-refractivity contribution in [1.29, 1.82) is 0 Å². The lowest BCUT2D eigenvalue weighted by atomic mass is 9.70. The van der Waals surface area contributed by atoms with E-state index in [1.165, 1.54) is 36.4 Å². The van der Waals surface area contributed by atoms with Crippen LogP contribution in [0.4, 0.5) is 13.6 Å². The molecule has 3 aromatic rings. The lowest BCUT2D eigenvalue weighted by molar-refractivity contribution is -0.146. The van der Waals surface area contributed by atoms with Crippen LogP contribution in [0.15, 0.2) is 42.5 Å². The van der Waals surface area contributed by atoms with Gasteiger partial charge in [0.2, 0.25) is 0 Å². The summed E-state index contributed by atoms with van der Waals surface area (Å²) < 4.78 is 41.3. The molecule has 1 amide bonds. The molecule has 2 aromatic carbocycles. The highest BCUT2D eigenvalue weighted by Gasteiger charge is 2.47. The normalized spacial score (nSPS) is 25.3. The molecule has 1 N–H and O–H groups in total. The zero-order chi connectivity index (χ0) is 28.6. The number of aliphatic carboxylic acids is 1. The topological polar surface area (TPSA) is 81.0 Å². The molecule has 2 aliphatic heterocycles. The Morgan fingerprint density at radius 1 is 1.12 bits per heavy atom. The molecule has 2 unspecified atom stereocenters. The predicted octanol–water partition coefficient (Wildman–Crippen LogP) is 5.83. The van der Waals surface area contributed by atoms with Gasteiger partial charge in [0.25, 0.3) is 0 Å². The number of nitrogens with zero attached hydrogens (tertiary/aromatic N) is 2. The Labute approximate surface area is 232 Å². The van der Waals surface area contributed by atoms with Crippen molar-refractivity contribution in [2.24, 2.45) is 0 Å². The van der Waals surface area contributed by atoms with Crippen LogP contribution in [0.5, 0.6) is 0 Å². The Morgan fingerprint density at radius 2 is 1.85 bits per heavy atom. The minimum atomic E-state index is -1.23. The number of carboxylic acids is 1. The van der Waals surface area contributed by atoms with Crippen LogP contribution >= 0.6 is 0 Å². The van der Waals surface area contributed by atoms with Gasteiger partial charge in [-0.1, -0.05) is 12.1 Å². The minimum absolute atomic E-state index is 0.0320. The molecule has 2 fully saturated rings. The third-order valence-electron chi connectivity index (χ3n) is 8.66. The van der Waals surface area contributed by atoms with E-state index in [1.807, 2.05) is 20.8 Å². The summed E-state index contributed by atoms with van der Waals surface area (Å²) in [5.41, 5.74) is 1.45. The van der Waals surface area contributed by atoms with Crippen LogP contribution in [0, 0.1) is 18.6 Å². The fraction of sp³-hybridized carbons (Fsp3) is 0.484. The molecule has 40 heavy (non-hydrogen) atoms. The summed E-state index contributed by atoms with van der Waals surface area (Å²) in [5.74, 6) is -1.87. The Kier molecular flexibility index (Phi) is 7.97. The maximum absolute atomic E-state index is 14.5.